The molecule has 2 aromatic rings. The molecule has 1 heterocycles. The normalized spacial score (nSPS) is 10.8. The van der Waals surface area contributed by atoms with Gasteiger partial charge in [-0.3, -0.25) is 4.79 Å². The third-order valence-corrected chi connectivity index (χ3v) is 3.50. The molecule has 1 aromatic heterocycles. The number of Topliss-reactive ketones (excluding diaryl/α,β-unsaturated/α-hetero) is 1. The first-order chi connectivity index (χ1) is 8.90. The second-order valence-electron chi connectivity index (χ2n) is 4.89. The zero-order valence-corrected chi connectivity index (χ0v) is 11.6. The minimum Gasteiger partial charge on any atom is -0.466 e. The third kappa shape index (κ3) is 2.60. The van der Waals surface area contributed by atoms with Gasteiger partial charge in [0.05, 0.1) is 5.56 Å². The van der Waals surface area contributed by atoms with Crippen LogP contribution in [0.5, 0.6) is 0 Å². The van der Waals surface area contributed by atoms with E-state index in [2.05, 4.69) is 0 Å². The monoisotopic (exact) mass is 260 g/mol. The molecule has 2 nitrogen and oxygen atoms in total. The Morgan fingerprint density at radius 3 is 2.42 bits per heavy atom. The first-order valence-corrected chi connectivity index (χ1v) is 6.25. The summed E-state index contributed by atoms with van der Waals surface area (Å²) in [4.78, 5) is 12.4. The van der Waals surface area contributed by atoms with Crippen LogP contribution in [0.4, 0.5) is 4.39 Å². The predicted molar refractivity (Wildman–Crippen MR) is 72.1 cm³/mol. The maximum absolute atomic E-state index is 13.2. The van der Waals surface area contributed by atoms with E-state index in [1.54, 1.807) is 13.0 Å². The molecule has 0 radical (unpaired) electrons. The molecule has 0 aliphatic carbocycles. The van der Waals surface area contributed by atoms with Crippen LogP contribution in [0.15, 0.2) is 22.6 Å². The van der Waals surface area contributed by atoms with Crippen molar-refractivity contribution in [2.45, 2.75) is 34.1 Å². The average Bonchev–Trinajstić information content (AvgIpc) is 2.58. The van der Waals surface area contributed by atoms with Crippen LogP contribution in [-0.2, 0) is 6.42 Å². The lowest BCUT2D eigenvalue weighted by molar-refractivity contribution is 0.0991. The predicted octanol–water partition coefficient (Wildman–Crippen LogP) is 4.08. The van der Waals surface area contributed by atoms with Gasteiger partial charge in [0.2, 0.25) is 0 Å². The molecule has 0 unspecified atom stereocenters. The SMILES string of the molecule is Cc1ccc(F)cc1CC(=O)c1c(C)oc(C)c1C. The summed E-state index contributed by atoms with van der Waals surface area (Å²) in [6.45, 7) is 7.37. The summed E-state index contributed by atoms with van der Waals surface area (Å²) in [6, 6.07) is 4.52. The molecule has 0 fully saturated rings. The van der Waals surface area contributed by atoms with Gasteiger partial charge in [-0.2, -0.15) is 0 Å². The number of rotatable bonds is 3. The van der Waals surface area contributed by atoms with Crippen molar-refractivity contribution in [3.8, 4) is 0 Å². The van der Waals surface area contributed by atoms with Crippen molar-refractivity contribution in [3.63, 3.8) is 0 Å². The second kappa shape index (κ2) is 5.00. The Bertz CT molecular complexity index is 638. The fourth-order valence-corrected chi connectivity index (χ4v) is 2.29. The minimum absolute atomic E-state index is 0.0273. The van der Waals surface area contributed by atoms with Crippen LogP contribution < -0.4 is 0 Å². The van der Waals surface area contributed by atoms with Crippen molar-refractivity contribution in [3.05, 3.63) is 57.8 Å². The van der Waals surface area contributed by atoms with Crippen molar-refractivity contribution < 1.29 is 13.6 Å². The Labute approximate surface area is 112 Å². The van der Waals surface area contributed by atoms with Gasteiger partial charge < -0.3 is 4.42 Å². The summed E-state index contributed by atoms with van der Waals surface area (Å²) in [5.41, 5.74) is 3.14. The maximum atomic E-state index is 13.2. The molecule has 3 heteroatoms. The van der Waals surface area contributed by atoms with Crippen LogP contribution in [0.25, 0.3) is 0 Å². The van der Waals surface area contributed by atoms with Crippen molar-refractivity contribution in [1.82, 2.24) is 0 Å². The molecule has 0 saturated carbocycles. The fraction of sp³-hybridized carbons (Fsp3) is 0.312. The van der Waals surface area contributed by atoms with E-state index in [0.717, 1.165) is 22.5 Å². The summed E-state index contributed by atoms with van der Waals surface area (Å²) in [7, 11) is 0. The van der Waals surface area contributed by atoms with E-state index in [0.29, 0.717) is 11.3 Å². The Kier molecular flexibility index (Phi) is 3.56. The van der Waals surface area contributed by atoms with Crippen LogP contribution in [0, 0.1) is 33.5 Å². The minimum atomic E-state index is -0.315. The van der Waals surface area contributed by atoms with Crippen LogP contribution in [0.3, 0.4) is 0 Å². The van der Waals surface area contributed by atoms with E-state index < -0.39 is 0 Å². The van der Waals surface area contributed by atoms with E-state index in [4.69, 9.17) is 4.42 Å². The van der Waals surface area contributed by atoms with Gasteiger partial charge in [-0.25, -0.2) is 4.39 Å². The third-order valence-electron chi connectivity index (χ3n) is 3.50. The van der Waals surface area contributed by atoms with E-state index in [9.17, 15) is 9.18 Å². The molecule has 0 aliphatic heterocycles. The first kappa shape index (κ1) is 13.5. The number of aryl methyl sites for hydroxylation is 3. The van der Waals surface area contributed by atoms with Crippen LogP contribution in [0.1, 0.15) is 38.6 Å². The molecule has 19 heavy (non-hydrogen) atoms. The zero-order valence-electron chi connectivity index (χ0n) is 11.6. The molecular formula is C16H17FO2. The summed E-state index contributed by atoms with van der Waals surface area (Å²) >= 11 is 0. The lowest BCUT2D eigenvalue weighted by atomic mass is 9.97. The second-order valence-corrected chi connectivity index (χ2v) is 4.89. The summed E-state index contributed by atoms with van der Waals surface area (Å²) < 4.78 is 18.7. The summed E-state index contributed by atoms with van der Waals surface area (Å²) in [6.07, 6.45) is 0.199. The molecule has 2 rings (SSSR count). The number of benzene rings is 1. The number of halogens is 1. The number of hydrogen-bond acceptors (Lipinski definition) is 2. The van der Waals surface area contributed by atoms with E-state index >= 15 is 0 Å². The van der Waals surface area contributed by atoms with Gasteiger partial charge in [-0.15, -0.1) is 0 Å². The van der Waals surface area contributed by atoms with E-state index in [1.165, 1.54) is 12.1 Å². The molecule has 0 spiro atoms. The van der Waals surface area contributed by atoms with Gasteiger partial charge >= 0.3 is 0 Å². The van der Waals surface area contributed by atoms with Crippen LogP contribution in [-0.4, -0.2) is 5.78 Å². The van der Waals surface area contributed by atoms with Gasteiger partial charge in [-0.05, 0) is 51.0 Å². The quantitative estimate of drug-likeness (QED) is 0.778. The smallest absolute Gasteiger partial charge is 0.171 e. The topological polar surface area (TPSA) is 30.2 Å². The van der Waals surface area contributed by atoms with E-state index in [-0.39, 0.29) is 18.0 Å². The lowest BCUT2D eigenvalue weighted by Gasteiger charge is -2.05. The Hall–Kier alpha value is -1.90. The molecule has 0 bridgehead atoms. The highest BCUT2D eigenvalue weighted by Gasteiger charge is 2.19. The number of carbonyl (C=O) groups is 1. The standard InChI is InChI=1S/C16H17FO2/c1-9-5-6-14(17)7-13(9)8-15(18)16-10(2)11(3)19-12(16)4/h5-7H,8H2,1-4H3. The van der Waals surface area contributed by atoms with Crippen LogP contribution in [0.2, 0.25) is 0 Å². The van der Waals surface area contributed by atoms with Gasteiger partial charge in [0.25, 0.3) is 0 Å². The van der Waals surface area contributed by atoms with Gasteiger partial charge in [0.1, 0.15) is 17.3 Å². The molecule has 0 aliphatic rings. The first-order valence-electron chi connectivity index (χ1n) is 6.25. The molecule has 0 saturated heterocycles. The van der Waals surface area contributed by atoms with Gasteiger partial charge in [0, 0.05) is 12.0 Å². The highest BCUT2D eigenvalue weighted by atomic mass is 19.1. The molecular weight excluding hydrogens is 243 g/mol. The Morgan fingerprint density at radius 2 is 1.84 bits per heavy atom. The molecule has 0 atom stereocenters. The molecule has 100 valence electrons. The number of ketones is 1. The van der Waals surface area contributed by atoms with Crippen molar-refractivity contribution >= 4 is 5.78 Å². The van der Waals surface area contributed by atoms with Crippen LogP contribution >= 0.6 is 0 Å². The molecule has 1 aromatic carbocycles. The van der Waals surface area contributed by atoms with Gasteiger partial charge in [0.15, 0.2) is 5.78 Å². The highest BCUT2D eigenvalue weighted by Crippen LogP contribution is 2.23. The largest absolute Gasteiger partial charge is 0.466 e. The van der Waals surface area contributed by atoms with E-state index in [1.807, 2.05) is 20.8 Å². The van der Waals surface area contributed by atoms with Crippen molar-refractivity contribution in [2.75, 3.05) is 0 Å². The van der Waals surface area contributed by atoms with Crippen molar-refractivity contribution in [1.29, 1.82) is 0 Å². The zero-order chi connectivity index (χ0) is 14.2. The summed E-state index contributed by atoms with van der Waals surface area (Å²) in [5.74, 6) is 1.05. The molecule has 0 amide bonds. The van der Waals surface area contributed by atoms with Crippen molar-refractivity contribution in [2.24, 2.45) is 0 Å². The fourth-order valence-electron chi connectivity index (χ4n) is 2.29. The Morgan fingerprint density at radius 1 is 1.16 bits per heavy atom. The number of carbonyl (C=O) groups excluding carboxylic acids is 1. The van der Waals surface area contributed by atoms with Gasteiger partial charge in [-0.1, -0.05) is 6.07 Å². The average molecular weight is 260 g/mol. The molecule has 0 N–H and O–H groups in total. The number of furan rings is 1. The highest BCUT2D eigenvalue weighted by molar-refractivity contribution is 6.00. The lowest BCUT2D eigenvalue weighted by Crippen LogP contribution is -2.07. The number of hydrogen-bond donors (Lipinski definition) is 0. The Balaban J connectivity index is 2.33. The summed E-state index contributed by atoms with van der Waals surface area (Å²) in [5, 5.41) is 0. The maximum Gasteiger partial charge on any atom is 0.171 e.